The van der Waals surface area contributed by atoms with Gasteiger partial charge in [0.25, 0.3) is 0 Å². The molecule has 0 amide bonds. The Morgan fingerprint density at radius 3 is 1.10 bits per heavy atom. The predicted molar refractivity (Wildman–Crippen MR) is 265 cm³/mol. The van der Waals surface area contributed by atoms with Crippen LogP contribution in [0.1, 0.15) is 0 Å². The van der Waals surface area contributed by atoms with Crippen molar-refractivity contribution in [3.05, 3.63) is 231 Å². The average molecular weight is 807 g/mol. The lowest BCUT2D eigenvalue weighted by atomic mass is 9.93. The second-order valence-corrected chi connectivity index (χ2v) is 17.0. The zero-order valence-electron chi connectivity index (χ0n) is 33.8. The van der Waals surface area contributed by atoms with Gasteiger partial charge in [0.05, 0.1) is 0 Å². The molecule has 2 heteroatoms. The predicted octanol–water partition coefficient (Wildman–Crippen LogP) is 17.6. The fourth-order valence-corrected chi connectivity index (χ4v) is 10.6. The van der Waals surface area contributed by atoms with E-state index in [9.17, 15) is 0 Å². The molecule has 1 nitrogen and oxygen atoms in total. The highest BCUT2D eigenvalue weighted by Gasteiger charge is 2.16. The maximum Gasteiger partial charge on any atom is 0.143 e. The summed E-state index contributed by atoms with van der Waals surface area (Å²) in [5.74, 6) is 0. The summed E-state index contributed by atoms with van der Waals surface area (Å²) in [6.45, 7) is 0. The summed E-state index contributed by atoms with van der Waals surface area (Å²) in [4.78, 5) is 0. The Balaban J connectivity index is 0.854. The Bertz CT molecular complexity index is 3640. The average Bonchev–Trinajstić information content (AvgIpc) is 3.94. The highest BCUT2D eigenvalue weighted by Crippen LogP contribution is 2.44. The van der Waals surface area contributed by atoms with E-state index in [4.69, 9.17) is 4.42 Å². The maximum absolute atomic E-state index is 6.40. The summed E-state index contributed by atoms with van der Waals surface area (Å²) in [5.41, 5.74) is 18.6. The summed E-state index contributed by atoms with van der Waals surface area (Å²) in [6.07, 6.45) is 0. The molecule has 0 N–H and O–H groups in total. The molecular formula is C60H38OS. The minimum absolute atomic E-state index is 0.914. The van der Waals surface area contributed by atoms with Crippen LogP contribution in [0.15, 0.2) is 235 Å². The SMILES string of the molecule is c1ccc(-c2cccc3c2sc2c(-c4cccc(-c5cccc(-c6cccc(-c7cccc(-c8cccc(-c9cccc%10c9oc9ccccc9%10)c8)c7)c6)c5)c4)cccc23)cc1. The molecule has 0 unspecified atom stereocenters. The molecule has 0 radical (unpaired) electrons. The molecule has 10 aromatic carbocycles. The van der Waals surface area contributed by atoms with Crippen LogP contribution in [0.25, 0.3) is 120 Å². The van der Waals surface area contributed by atoms with Gasteiger partial charge >= 0.3 is 0 Å². The fraction of sp³-hybridized carbons (Fsp3) is 0. The zero-order chi connectivity index (χ0) is 41.0. The summed E-state index contributed by atoms with van der Waals surface area (Å²) < 4.78 is 9.06. The zero-order valence-corrected chi connectivity index (χ0v) is 34.6. The first-order valence-corrected chi connectivity index (χ1v) is 22.0. The molecule has 2 aromatic heterocycles. The third kappa shape index (κ3) is 6.32. The monoisotopic (exact) mass is 806 g/mol. The lowest BCUT2D eigenvalue weighted by Gasteiger charge is -2.11. The molecule has 0 atom stereocenters. The van der Waals surface area contributed by atoms with E-state index in [0.717, 1.165) is 33.1 Å². The molecule has 62 heavy (non-hydrogen) atoms. The fourth-order valence-electron chi connectivity index (χ4n) is 9.23. The van der Waals surface area contributed by atoms with E-state index in [1.165, 1.54) is 86.9 Å². The number of hydrogen-bond donors (Lipinski definition) is 0. The van der Waals surface area contributed by atoms with Crippen LogP contribution in [0.4, 0.5) is 0 Å². The van der Waals surface area contributed by atoms with Crippen LogP contribution < -0.4 is 0 Å². The van der Waals surface area contributed by atoms with Gasteiger partial charge in [-0.3, -0.25) is 0 Å². The van der Waals surface area contributed by atoms with Gasteiger partial charge in [0.1, 0.15) is 11.2 Å². The van der Waals surface area contributed by atoms with Gasteiger partial charge in [-0.2, -0.15) is 0 Å². The first-order chi connectivity index (χ1) is 30.7. The van der Waals surface area contributed by atoms with Gasteiger partial charge in [-0.1, -0.05) is 194 Å². The van der Waals surface area contributed by atoms with Crippen molar-refractivity contribution in [3.63, 3.8) is 0 Å². The van der Waals surface area contributed by atoms with Gasteiger partial charge in [-0.15, -0.1) is 11.3 Å². The number of thiophene rings is 1. The van der Waals surface area contributed by atoms with Gasteiger partial charge < -0.3 is 4.42 Å². The Labute approximate surface area is 364 Å². The Kier molecular flexibility index (Phi) is 8.76. The van der Waals surface area contributed by atoms with Crippen LogP contribution in [0.2, 0.25) is 0 Å². The van der Waals surface area contributed by atoms with E-state index < -0.39 is 0 Å². The maximum atomic E-state index is 6.40. The van der Waals surface area contributed by atoms with Crippen molar-refractivity contribution in [1.29, 1.82) is 0 Å². The van der Waals surface area contributed by atoms with E-state index in [-0.39, 0.29) is 0 Å². The molecule has 0 saturated carbocycles. The molecule has 290 valence electrons. The number of benzene rings is 10. The van der Waals surface area contributed by atoms with Crippen molar-refractivity contribution in [2.45, 2.75) is 0 Å². The largest absolute Gasteiger partial charge is 0.455 e. The molecule has 0 aliphatic rings. The van der Waals surface area contributed by atoms with Gasteiger partial charge in [0.2, 0.25) is 0 Å². The summed E-state index contributed by atoms with van der Waals surface area (Å²) in [7, 11) is 0. The van der Waals surface area contributed by atoms with Crippen molar-refractivity contribution >= 4 is 53.4 Å². The molecule has 0 fully saturated rings. The normalized spacial score (nSPS) is 11.5. The quantitative estimate of drug-likeness (QED) is 0.156. The number of rotatable bonds is 7. The first kappa shape index (κ1) is 36.1. The number of para-hydroxylation sites is 2. The molecule has 0 spiro atoms. The lowest BCUT2D eigenvalue weighted by Crippen LogP contribution is -1.86. The van der Waals surface area contributed by atoms with Crippen LogP contribution in [0.3, 0.4) is 0 Å². The summed E-state index contributed by atoms with van der Waals surface area (Å²) in [5, 5.41) is 4.91. The molecule has 2 heterocycles. The minimum atomic E-state index is 0.914. The van der Waals surface area contributed by atoms with Gasteiger partial charge in [-0.25, -0.2) is 0 Å². The number of fused-ring (bicyclic) bond motifs is 6. The van der Waals surface area contributed by atoms with Gasteiger partial charge in [0, 0.05) is 36.5 Å². The van der Waals surface area contributed by atoms with E-state index >= 15 is 0 Å². The molecule has 12 aromatic rings. The van der Waals surface area contributed by atoms with E-state index in [0.29, 0.717) is 0 Å². The van der Waals surface area contributed by atoms with E-state index in [1.807, 2.05) is 23.5 Å². The Morgan fingerprint density at radius 2 is 0.581 bits per heavy atom. The molecule has 0 saturated heterocycles. The topological polar surface area (TPSA) is 13.1 Å². The molecular weight excluding hydrogens is 769 g/mol. The van der Waals surface area contributed by atoms with Crippen molar-refractivity contribution in [2.75, 3.05) is 0 Å². The molecule has 0 aliphatic carbocycles. The Hall–Kier alpha value is -7.78. The van der Waals surface area contributed by atoms with Crippen LogP contribution in [-0.2, 0) is 0 Å². The minimum Gasteiger partial charge on any atom is -0.455 e. The molecule has 12 rings (SSSR count). The van der Waals surface area contributed by atoms with Crippen molar-refractivity contribution < 1.29 is 4.42 Å². The van der Waals surface area contributed by atoms with Crippen LogP contribution in [0.5, 0.6) is 0 Å². The van der Waals surface area contributed by atoms with Crippen LogP contribution >= 0.6 is 11.3 Å². The highest BCUT2D eigenvalue weighted by molar-refractivity contribution is 7.26. The van der Waals surface area contributed by atoms with Crippen molar-refractivity contribution in [3.8, 4) is 77.9 Å². The third-order valence-corrected chi connectivity index (χ3v) is 13.6. The van der Waals surface area contributed by atoms with Crippen molar-refractivity contribution in [2.24, 2.45) is 0 Å². The van der Waals surface area contributed by atoms with Crippen molar-refractivity contribution in [1.82, 2.24) is 0 Å². The molecule has 0 aliphatic heterocycles. The van der Waals surface area contributed by atoms with E-state index in [2.05, 4.69) is 218 Å². The highest BCUT2D eigenvalue weighted by atomic mass is 32.1. The third-order valence-electron chi connectivity index (χ3n) is 12.3. The van der Waals surface area contributed by atoms with Crippen LogP contribution in [0, 0.1) is 0 Å². The molecule has 0 bridgehead atoms. The standard InChI is InChI=1S/C60H38OS/c1-2-14-39(15-3-1)51-28-12-31-55-56-32-13-29-52(60(56)62-59(51)55)49-25-10-23-47(38-49)45-21-8-19-43(36-45)41-17-6-16-40(34-41)42-18-7-20-44(35-42)46-22-9-24-48(37-46)50-27-11-30-54-53-26-4-5-33-57(53)61-58(50)54/h1-38H. The number of furan rings is 1. The van der Waals surface area contributed by atoms with Gasteiger partial charge in [0.15, 0.2) is 0 Å². The summed E-state index contributed by atoms with van der Waals surface area (Å²) >= 11 is 1.90. The second kappa shape index (κ2) is 15.0. The van der Waals surface area contributed by atoms with E-state index in [1.54, 1.807) is 0 Å². The second-order valence-electron chi connectivity index (χ2n) is 16.0. The van der Waals surface area contributed by atoms with Gasteiger partial charge in [-0.05, 0) is 109 Å². The number of hydrogen-bond acceptors (Lipinski definition) is 2. The smallest absolute Gasteiger partial charge is 0.143 e. The Morgan fingerprint density at radius 1 is 0.242 bits per heavy atom. The lowest BCUT2D eigenvalue weighted by molar-refractivity contribution is 0.670. The summed E-state index contributed by atoms with van der Waals surface area (Å²) in [6, 6.07) is 83.5. The van der Waals surface area contributed by atoms with Crippen LogP contribution in [-0.4, -0.2) is 0 Å². The first-order valence-electron chi connectivity index (χ1n) is 21.1.